The summed E-state index contributed by atoms with van der Waals surface area (Å²) in [5, 5.41) is 19.4. The van der Waals surface area contributed by atoms with Crippen molar-refractivity contribution in [2.75, 3.05) is 26.2 Å². The van der Waals surface area contributed by atoms with Crippen LogP contribution in [0.1, 0.15) is 23.4 Å². The molecule has 1 aromatic carbocycles. The lowest BCUT2D eigenvalue weighted by atomic mass is 10.1. The van der Waals surface area contributed by atoms with Crippen LogP contribution in [0.4, 0.5) is 0 Å². The first-order valence-corrected chi connectivity index (χ1v) is 9.40. The Balaban J connectivity index is 1.64. The second kappa shape index (κ2) is 8.82. The maximum atomic E-state index is 9.57. The molecule has 1 aliphatic heterocycles. The molecular formula is C20H26ClN3O2. The lowest BCUT2D eigenvalue weighted by Crippen LogP contribution is -2.52. The monoisotopic (exact) mass is 375 g/mol. The molecule has 0 aliphatic carbocycles. The second-order valence-electron chi connectivity index (χ2n) is 6.93. The topological polar surface area (TPSA) is 59.8 Å². The lowest BCUT2D eigenvalue weighted by Gasteiger charge is -2.41. The molecule has 0 saturated carbocycles. The fourth-order valence-electron chi connectivity index (χ4n) is 3.53. The number of phenolic OH excluding ortho intramolecular Hbond substituents is 1. The maximum absolute atomic E-state index is 9.57. The number of halogens is 1. The van der Waals surface area contributed by atoms with Crippen molar-refractivity contribution >= 4 is 11.6 Å². The smallest absolute Gasteiger partial charge is 0.134 e. The molecule has 26 heavy (non-hydrogen) atoms. The Morgan fingerprint density at radius 1 is 1.19 bits per heavy atom. The molecule has 1 fully saturated rings. The normalized spacial score (nSPS) is 19.0. The summed E-state index contributed by atoms with van der Waals surface area (Å²) in [5.74, 6) is 0.115. The van der Waals surface area contributed by atoms with Crippen molar-refractivity contribution in [3.05, 3.63) is 58.4 Å². The highest BCUT2D eigenvalue weighted by Crippen LogP contribution is 2.25. The molecule has 6 heteroatoms. The number of nitrogens with zero attached hydrogens (tertiary/aromatic N) is 3. The van der Waals surface area contributed by atoms with E-state index >= 15 is 0 Å². The van der Waals surface area contributed by atoms with Gasteiger partial charge in [0, 0.05) is 51.1 Å². The van der Waals surface area contributed by atoms with Crippen LogP contribution in [-0.4, -0.2) is 57.3 Å². The average molecular weight is 376 g/mol. The van der Waals surface area contributed by atoms with Gasteiger partial charge in [-0.1, -0.05) is 23.7 Å². The molecule has 140 valence electrons. The molecule has 1 saturated heterocycles. The number of aromatic hydroxyl groups is 1. The summed E-state index contributed by atoms with van der Waals surface area (Å²) in [6, 6.07) is 11.8. The first kappa shape index (κ1) is 19.1. The highest BCUT2D eigenvalue weighted by atomic mass is 35.5. The third kappa shape index (κ3) is 4.95. The van der Waals surface area contributed by atoms with Gasteiger partial charge in [0.15, 0.2) is 0 Å². The van der Waals surface area contributed by atoms with Gasteiger partial charge < -0.3 is 10.2 Å². The predicted molar refractivity (Wildman–Crippen MR) is 103 cm³/mol. The number of piperazine rings is 1. The van der Waals surface area contributed by atoms with Crippen molar-refractivity contribution in [1.82, 2.24) is 14.8 Å². The van der Waals surface area contributed by atoms with Gasteiger partial charge in [0.2, 0.25) is 0 Å². The van der Waals surface area contributed by atoms with Crippen LogP contribution in [0, 0.1) is 6.92 Å². The van der Waals surface area contributed by atoms with Gasteiger partial charge in [-0.15, -0.1) is 0 Å². The van der Waals surface area contributed by atoms with Crippen molar-refractivity contribution in [2.45, 2.75) is 32.5 Å². The first-order chi connectivity index (χ1) is 12.5. The molecule has 0 radical (unpaired) electrons. The molecule has 3 rings (SSSR count). The summed E-state index contributed by atoms with van der Waals surface area (Å²) in [6.45, 7) is 6.57. The molecule has 2 N–H and O–H groups in total. The SMILES string of the molecule is Cc1cccc(CN2CCN(Cc3ccc(O)c(Cl)c3)C[C@H]2CCO)n1. The van der Waals surface area contributed by atoms with E-state index in [1.807, 2.05) is 31.2 Å². The van der Waals surface area contributed by atoms with Crippen LogP contribution in [-0.2, 0) is 13.1 Å². The number of pyridine rings is 1. The van der Waals surface area contributed by atoms with Crippen molar-refractivity contribution in [2.24, 2.45) is 0 Å². The van der Waals surface area contributed by atoms with E-state index in [1.165, 1.54) is 0 Å². The van der Waals surface area contributed by atoms with E-state index in [0.717, 1.165) is 56.1 Å². The van der Waals surface area contributed by atoms with Crippen LogP contribution in [0.15, 0.2) is 36.4 Å². The third-order valence-electron chi connectivity index (χ3n) is 4.88. The minimum absolute atomic E-state index is 0.115. The molecule has 1 atom stereocenters. The van der Waals surface area contributed by atoms with Crippen LogP contribution < -0.4 is 0 Å². The van der Waals surface area contributed by atoms with Gasteiger partial charge in [-0.05, 0) is 43.2 Å². The van der Waals surface area contributed by atoms with E-state index in [0.29, 0.717) is 11.1 Å². The van der Waals surface area contributed by atoms with Crippen molar-refractivity contribution in [3.8, 4) is 5.75 Å². The van der Waals surface area contributed by atoms with Crippen molar-refractivity contribution < 1.29 is 10.2 Å². The summed E-state index contributed by atoms with van der Waals surface area (Å²) < 4.78 is 0. The molecule has 0 amide bonds. The predicted octanol–water partition coefficient (Wildman–Crippen LogP) is 2.82. The van der Waals surface area contributed by atoms with Crippen LogP contribution in [0.2, 0.25) is 5.02 Å². The zero-order chi connectivity index (χ0) is 18.5. The number of aliphatic hydroxyl groups is 1. The highest BCUT2D eigenvalue weighted by molar-refractivity contribution is 6.32. The Labute approximate surface area is 159 Å². The minimum atomic E-state index is 0.115. The Morgan fingerprint density at radius 3 is 2.77 bits per heavy atom. The summed E-state index contributed by atoms with van der Waals surface area (Å²) in [7, 11) is 0. The zero-order valence-corrected chi connectivity index (χ0v) is 15.9. The first-order valence-electron chi connectivity index (χ1n) is 9.02. The fourth-order valence-corrected chi connectivity index (χ4v) is 3.74. The number of phenols is 1. The van der Waals surface area contributed by atoms with Gasteiger partial charge >= 0.3 is 0 Å². The molecule has 1 aliphatic rings. The maximum Gasteiger partial charge on any atom is 0.134 e. The van der Waals surface area contributed by atoms with Crippen LogP contribution in [0.25, 0.3) is 0 Å². The van der Waals surface area contributed by atoms with Gasteiger partial charge in [0.25, 0.3) is 0 Å². The summed E-state index contributed by atoms with van der Waals surface area (Å²) in [6.07, 6.45) is 0.749. The lowest BCUT2D eigenvalue weighted by molar-refractivity contribution is 0.0491. The number of hydrogen-bond acceptors (Lipinski definition) is 5. The Bertz CT molecular complexity index is 741. The molecule has 5 nitrogen and oxygen atoms in total. The molecule has 2 heterocycles. The van der Waals surface area contributed by atoms with Gasteiger partial charge in [-0.3, -0.25) is 14.8 Å². The van der Waals surface area contributed by atoms with Crippen molar-refractivity contribution in [1.29, 1.82) is 0 Å². The van der Waals surface area contributed by atoms with E-state index in [2.05, 4.69) is 20.9 Å². The Hall–Kier alpha value is -1.66. The quantitative estimate of drug-likeness (QED) is 0.813. The summed E-state index contributed by atoms with van der Waals surface area (Å²) >= 11 is 6.02. The van der Waals surface area contributed by atoms with Crippen LogP contribution >= 0.6 is 11.6 Å². The van der Waals surface area contributed by atoms with Crippen LogP contribution in [0.5, 0.6) is 5.75 Å². The Kier molecular flexibility index (Phi) is 6.48. The number of aromatic nitrogens is 1. The van der Waals surface area contributed by atoms with E-state index < -0.39 is 0 Å². The van der Waals surface area contributed by atoms with Crippen molar-refractivity contribution in [3.63, 3.8) is 0 Å². The van der Waals surface area contributed by atoms with Gasteiger partial charge in [0.05, 0.1) is 10.7 Å². The van der Waals surface area contributed by atoms with Crippen LogP contribution in [0.3, 0.4) is 0 Å². The molecule has 0 bridgehead atoms. The third-order valence-corrected chi connectivity index (χ3v) is 5.18. The number of aliphatic hydroxyl groups excluding tert-OH is 1. The molecular weight excluding hydrogens is 350 g/mol. The number of benzene rings is 1. The van der Waals surface area contributed by atoms with Gasteiger partial charge in [-0.25, -0.2) is 0 Å². The van der Waals surface area contributed by atoms with E-state index in [4.69, 9.17) is 11.6 Å². The number of aryl methyl sites for hydroxylation is 1. The average Bonchev–Trinajstić information content (AvgIpc) is 2.61. The molecule has 0 spiro atoms. The largest absolute Gasteiger partial charge is 0.506 e. The van der Waals surface area contributed by atoms with E-state index in [9.17, 15) is 10.2 Å². The highest BCUT2D eigenvalue weighted by Gasteiger charge is 2.27. The minimum Gasteiger partial charge on any atom is -0.506 e. The van der Waals surface area contributed by atoms with Gasteiger partial charge in [0.1, 0.15) is 5.75 Å². The standard InChI is InChI=1S/C20H26ClN3O2/c1-15-3-2-4-17(22-15)13-24-9-8-23(14-18(24)7-10-25)12-16-5-6-20(26)19(21)11-16/h2-6,11,18,25-26H,7-10,12-14H2,1H3/t18-/m1/s1. The fraction of sp³-hybridized carbons (Fsp3) is 0.450. The number of rotatable bonds is 6. The summed E-state index contributed by atoms with van der Waals surface area (Å²) in [5.41, 5.74) is 3.19. The van der Waals surface area contributed by atoms with E-state index in [-0.39, 0.29) is 12.4 Å². The van der Waals surface area contributed by atoms with E-state index in [1.54, 1.807) is 6.07 Å². The molecule has 0 unspecified atom stereocenters. The zero-order valence-electron chi connectivity index (χ0n) is 15.1. The summed E-state index contributed by atoms with van der Waals surface area (Å²) in [4.78, 5) is 9.40. The Morgan fingerprint density at radius 2 is 2.04 bits per heavy atom. The second-order valence-corrected chi connectivity index (χ2v) is 7.33. The molecule has 1 aromatic heterocycles. The molecule has 2 aromatic rings. The van der Waals surface area contributed by atoms with Gasteiger partial charge in [-0.2, -0.15) is 0 Å². The number of hydrogen-bond donors (Lipinski definition) is 2.